The van der Waals surface area contributed by atoms with Crippen LogP contribution in [0, 0.1) is 13.8 Å². The Bertz CT molecular complexity index is 2560. The molecule has 4 aromatic rings. The van der Waals surface area contributed by atoms with Gasteiger partial charge in [0.05, 0.1) is 29.3 Å². The molecule has 0 spiro atoms. The molecule has 3 aromatic heterocycles. The first kappa shape index (κ1) is 45.0. The van der Waals surface area contributed by atoms with Gasteiger partial charge in [0.15, 0.2) is 11.6 Å². The van der Waals surface area contributed by atoms with E-state index in [1.807, 2.05) is 50.2 Å². The summed E-state index contributed by atoms with van der Waals surface area (Å²) < 4.78 is 5.67. The van der Waals surface area contributed by atoms with Gasteiger partial charge in [-0.3, -0.25) is 24.4 Å². The molecule has 1 aromatic carbocycles. The monoisotopic (exact) mass is 882 g/mol. The van der Waals surface area contributed by atoms with Crippen molar-refractivity contribution in [3.63, 3.8) is 0 Å². The first-order chi connectivity index (χ1) is 29.7. The van der Waals surface area contributed by atoms with Gasteiger partial charge in [-0.25, -0.2) is 4.79 Å². The number of fused-ring (bicyclic) bond motifs is 8. The van der Waals surface area contributed by atoms with Crippen molar-refractivity contribution < 1.29 is 29.0 Å². The Morgan fingerprint density at radius 1 is 0.903 bits per heavy atom. The van der Waals surface area contributed by atoms with Crippen molar-refractivity contribution in [3.8, 4) is 0 Å². The Hall–Kier alpha value is -5.04. The van der Waals surface area contributed by atoms with Crippen LogP contribution < -0.4 is 10.2 Å². The van der Waals surface area contributed by atoms with E-state index in [4.69, 9.17) is 37.9 Å². The minimum atomic E-state index is -1.15. The number of carbonyl (C=O) groups excluding carboxylic acids is 3. The first-order valence-corrected chi connectivity index (χ1v) is 22.6. The van der Waals surface area contributed by atoms with Gasteiger partial charge < -0.3 is 30.0 Å². The zero-order chi connectivity index (χ0) is 44.6. The summed E-state index contributed by atoms with van der Waals surface area (Å²) in [5.41, 5.74) is 11.4. The number of aromatic amines is 2. The Morgan fingerprint density at radius 2 is 1.53 bits per heavy atom. The molecule has 2 unspecified atom stereocenters. The van der Waals surface area contributed by atoms with Gasteiger partial charge in [-0.2, -0.15) is 0 Å². The van der Waals surface area contributed by atoms with Gasteiger partial charge in [0, 0.05) is 119 Å². The molecule has 5 heterocycles. The number of amides is 1. The lowest BCUT2D eigenvalue weighted by molar-refractivity contribution is -0.141. The number of carbonyl (C=O) groups is 4. The molecule has 0 fully saturated rings. The smallest absolute Gasteiger partial charge is 0.326 e. The molecule has 4 N–H and O–H groups in total. The van der Waals surface area contributed by atoms with Crippen LogP contribution in [0.15, 0.2) is 42.5 Å². The summed E-state index contributed by atoms with van der Waals surface area (Å²) in [5.74, 6) is -1.70. The Morgan fingerprint density at radius 3 is 2.16 bits per heavy atom. The number of aromatic nitrogens is 4. The lowest BCUT2D eigenvalue weighted by Crippen LogP contribution is -2.42. The molecule has 2 aliphatic heterocycles. The highest BCUT2D eigenvalue weighted by atomic mass is 35.5. The molecular weight excluding hydrogens is 827 g/mol. The van der Waals surface area contributed by atoms with Crippen molar-refractivity contribution in [1.29, 1.82) is 0 Å². The van der Waals surface area contributed by atoms with Crippen LogP contribution in [0.5, 0.6) is 0 Å². The van der Waals surface area contributed by atoms with E-state index in [2.05, 4.69) is 47.0 Å². The maximum absolute atomic E-state index is 14.4. The van der Waals surface area contributed by atoms with Crippen molar-refractivity contribution in [2.24, 2.45) is 0 Å². The SMILES string of the molecule is CC[C@H]1c2cc3[nH]c4c(c3C)C(=O)C(COC)c4c3nc(cc4[nH]c(cc(n2)[C@@H]1C)c(C(C)=O)c4C)[C@@H](C)[C@@H]3CCC(=O)NC(Cc1ccc(N(CCCl)CCCl)cc1)C(=O)O. The number of anilines is 1. The second kappa shape index (κ2) is 18.7. The number of methoxy groups -OCH3 is 1. The second-order valence-corrected chi connectivity index (χ2v) is 17.7. The highest BCUT2D eigenvalue weighted by Crippen LogP contribution is 2.48. The minimum Gasteiger partial charge on any atom is -0.480 e. The Kier molecular flexibility index (Phi) is 13.6. The number of hydrogen-bond donors (Lipinski definition) is 4. The highest BCUT2D eigenvalue weighted by molar-refractivity contribution is 6.18. The van der Waals surface area contributed by atoms with Gasteiger partial charge >= 0.3 is 5.97 Å². The normalized spacial score (nSPS) is 19.8. The van der Waals surface area contributed by atoms with E-state index in [0.717, 1.165) is 62.5 Å². The summed E-state index contributed by atoms with van der Waals surface area (Å²) in [6, 6.07) is 12.4. The van der Waals surface area contributed by atoms with E-state index in [9.17, 15) is 24.3 Å². The quantitative estimate of drug-likeness (QED) is 0.0633. The predicted octanol–water partition coefficient (Wildman–Crippen LogP) is 9.12. The van der Waals surface area contributed by atoms with Crippen molar-refractivity contribution >= 4 is 74.4 Å². The molecule has 328 valence electrons. The molecular formula is C48H56Cl2N6O6. The number of nitrogens with zero attached hydrogens (tertiary/aromatic N) is 3. The largest absolute Gasteiger partial charge is 0.480 e. The average Bonchev–Trinajstić information content (AvgIpc) is 3.98. The number of benzene rings is 1. The molecule has 1 aliphatic carbocycles. The van der Waals surface area contributed by atoms with Crippen LogP contribution >= 0.6 is 23.2 Å². The lowest BCUT2D eigenvalue weighted by atomic mass is 9.84. The third kappa shape index (κ3) is 8.53. The van der Waals surface area contributed by atoms with Crippen LogP contribution in [-0.2, 0) is 20.7 Å². The number of ketones is 2. The van der Waals surface area contributed by atoms with Crippen molar-refractivity contribution in [2.75, 3.05) is 43.5 Å². The molecule has 12 nitrogen and oxygen atoms in total. The summed E-state index contributed by atoms with van der Waals surface area (Å²) in [4.78, 5) is 73.6. The van der Waals surface area contributed by atoms with E-state index in [-0.39, 0.29) is 54.7 Å². The van der Waals surface area contributed by atoms with Crippen LogP contribution in [0.2, 0.25) is 0 Å². The molecule has 14 heteroatoms. The maximum Gasteiger partial charge on any atom is 0.326 e. The second-order valence-electron chi connectivity index (χ2n) is 17.0. The van der Waals surface area contributed by atoms with Gasteiger partial charge in [0.2, 0.25) is 5.91 Å². The number of rotatable bonds is 16. The predicted molar refractivity (Wildman–Crippen MR) is 245 cm³/mol. The molecule has 7 rings (SSSR count). The summed E-state index contributed by atoms with van der Waals surface area (Å²) >= 11 is 12.0. The van der Waals surface area contributed by atoms with Gasteiger partial charge in [0.25, 0.3) is 0 Å². The van der Waals surface area contributed by atoms with E-state index >= 15 is 0 Å². The number of halogens is 2. The average molecular weight is 884 g/mol. The third-order valence-electron chi connectivity index (χ3n) is 13.2. The molecule has 62 heavy (non-hydrogen) atoms. The molecule has 0 saturated heterocycles. The Labute approximate surface area is 372 Å². The summed E-state index contributed by atoms with van der Waals surface area (Å²) in [5, 5.41) is 13.0. The van der Waals surface area contributed by atoms with E-state index in [1.54, 1.807) is 14.0 Å². The van der Waals surface area contributed by atoms with Crippen molar-refractivity contribution in [3.05, 3.63) is 98.6 Å². The highest BCUT2D eigenvalue weighted by Gasteiger charge is 2.42. The number of nitrogens with one attached hydrogen (secondary N) is 3. The summed E-state index contributed by atoms with van der Waals surface area (Å²) in [7, 11) is 1.58. The number of aliphatic carboxylic acids is 1. The molecule has 6 atom stereocenters. The topological polar surface area (TPSA) is 170 Å². The minimum absolute atomic E-state index is 0.0196. The number of H-pyrrole nitrogens is 2. The fraction of sp³-hybridized carbons (Fsp3) is 0.458. The van der Waals surface area contributed by atoms with Crippen molar-refractivity contribution in [1.82, 2.24) is 25.3 Å². The van der Waals surface area contributed by atoms with Crippen molar-refractivity contribution in [2.45, 2.75) is 103 Å². The van der Waals surface area contributed by atoms with Crippen LogP contribution in [0.3, 0.4) is 0 Å². The molecule has 0 radical (unpaired) electrons. The molecule has 8 bridgehead atoms. The van der Waals surface area contributed by atoms with Gasteiger partial charge in [-0.05, 0) is 80.6 Å². The van der Waals surface area contributed by atoms with Gasteiger partial charge in [-0.15, -0.1) is 23.2 Å². The zero-order valence-electron chi connectivity index (χ0n) is 36.5. The van der Waals surface area contributed by atoms with Gasteiger partial charge in [-0.1, -0.05) is 32.9 Å². The molecule has 3 aliphatic rings. The number of alkyl halides is 2. The van der Waals surface area contributed by atoms with Crippen LogP contribution in [0.1, 0.15) is 142 Å². The molecule has 1 amide bonds. The standard InChI is InChI=1S/C48H56Cl2N6O6/c1-8-31-24(2)34-22-39-42(28(6)57)26(4)36(52-39)20-35-25(3)32(45(54-35)44-33(23-62-7)47(59)43-27(5)37(55-46(43)44)21-38(31)51-34)13-14-41(58)53-40(48(60)61)19-29-9-11-30(12-10-29)56(17-15-49)18-16-50/h9-12,20-22,24-25,31-33,40,52,55H,8,13-19,23H2,1-7H3,(H,53,58)(H,60,61)/t24-,25+,31-,32+,33?,40?/m1/s1. The van der Waals surface area contributed by atoms with Crippen LogP contribution in [0.25, 0.3) is 22.1 Å². The number of ether oxygens (including phenoxy) is 1. The van der Waals surface area contributed by atoms with E-state index in [0.29, 0.717) is 59.1 Å². The first-order valence-electron chi connectivity index (χ1n) is 21.5. The zero-order valence-corrected chi connectivity index (χ0v) is 38.0. The fourth-order valence-corrected chi connectivity index (χ4v) is 10.2. The number of hydrogen-bond acceptors (Lipinski definition) is 8. The van der Waals surface area contributed by atoms with E-state index in [1.165, 1.54) is 0 Å². The summed E-state index contributed by atoms with van der Waals surface area (Å²) in [6.45, 7) is 13.2. The van der Waals surface area contributed by atoms with Gasteiger partial charge in [0.1, 0.15) is 6.04 Å². The fourth-order valence-electron chi connectivity index (χ4n) is 9.81. The van der Waals surface area contributed by atoms with Crippen LogP contribution in [-0.4, -0.2) is 93.1 Å². The van der Waals surface area contributed by atoms with Crippen LogP contribution in [0.4, 0.5) is 5.69 Å². The number of Topliss-reactive ketones (excluding diaryl/α,β-unsaturated/α-hetero) is 2. The number of carboxylic acid groups (broad SMARTS) is 1. The summed E-state index contributed by atoms with van der Waals surface area (Å²) in [6.07, 6.45) is 1.30. The third-order valence-corrected chi connectivity index (χ3v) is 13.5. The lowest BCUT2D eigenvalue weighted by Gasteiger charge is -2.23. The maximum atomic E-state index is 14.4. The Balaban J connectivity index is 1.30. The van der Waals surface area contributed by atoms with E-state index < -0.39 is 23.8 Å². The number of carboxylic acids is 1. The molecule has 0 saturated carbocycles. The number of aryl methyl sites for hydroxylation is 2.